The first-order chi connectivity index (χ1) is 9.55. The highest BCUT2D eigenvalue weighted by molar-refractivity contribution is 6.01. The molecule has 2 aliphatic rings. The predicted octanol–water partition coefficient (Wildman–Crippen LogP) is 2.86. The molecule has 0 bridgehead atoms. The molecule has 1 aromatic carbocycles. The number of carbonyl (C=O) groups excluding carboxylic acids is 1. The van der Waals surface area contributed by atoms with Crippen LogP contribution in [0.3, 0.4) is 0 Å². The van der Waals surface area contributed by atoms with E-state index in [2.05, 4.69) is 19.1 Å². The molecule has 1 aromatic rings. The van der Waals surface area contributed by atoms with Gasteiger partial charge in [0.05, 0.1) is 18.1 Å². The van der Waals surface area contributed by atoms with E-state index in [1.807, 2.05) is 18.2 Å². The minimum absolute atomic E-state index is 0.0315. The lowest BCUT2D eigenvalue weighted by Gasteiger charge is -2.32. The largest absolute Gasteiger partial charge is 0.500 e. The van der Waals surface area contributed by atoms with Crippen molar-refractivity contribution in [3.05, 3.63) is 59.4 Å². The summed E-state index contributed by atoms with van der Waals surface area (Å²) in [5.74, 6) is 0.661. The van der Waals surface area contributed by atoms with E-state index in [4.69, 9.17) is 9.47 Å². The number of hydrogen-bond donors (Lipinski definition) is 0. The Morgan fingerprint density at radius 3 is 2.50 bits per heavy atom. The van der Waals surface area contributed by atoms with Crippen LogP contribution < -0.4 is 0 Å². The third-order valence-corrected chi connectivity index (χ3v) is 4.51. The second kappa shape index (κ2) is 4.32. The smallest absolute Gasteiger partial charge is 0.181 e. The van der Waals surface area contributed by atoms with Crippen LogP contribution in [0.1, 0.15) is 24.5 Å². The van der Waals surface area contributed by atoms with Gasteiger partial charge in [-0.3, -0.25) is 4.79 Å². The summed E-state index contributed by atoms with van der Waals surface area (Å²) < 4.78 is 11.3. The molecule has 0 saturated heterocycles. The van der Waals surface area contributed by atoms with Gasteiger partial charge in [0.15, 0.2) is 5.78 Å². The van der Waals surface area contributed by atoms with Crippen molar-refractivity contribution < 1.29 is 14.3 Å². The number of rotatable bonds is 2. The van der Waals surface area contributed by atoms with Gasteiger partial charge >= 0.3 is 0 Å². The summed E-state index contributed by atoms with van der Waals surface area (Å²) in [4.78, 5) is 11.6. The number of carbonyl (C=O) groups is 1. The summed E-state index contributed by atoms with van der Waals surface area (Å²) in [5, 5.41) is 0. The van der Waals surface area contributed by atoms with Crippen molar-refractivity contribution in [3.63, 3.8) is 0 Å². The molecular formula is C17H18O3. The van der Waals surface area contributed by atoms with Gasteiger partial charge in [-0.25, -0.2) is 0 Å². The molecule has 0 fully saturated rings. The lowest BCUT2D eigenvalue weighted by atomic mass is 9.76. The summed E-state index contributed by atoms with van der Waals surface area (Å²) in [6.45, 7) is 2.08. The molecule has 0 radical (unpaired) electrons. The summed E-state index contributed by atoms with van der Waals surface area (Å²) in [6.07, 6.45) is 5.90. The number of ketones is 1. The molecule has 0 aromatic heterocycles. The van der Waals surface area contributed by atoms with Crippen molar-refractivity contribution in [1.82, 2.24) is 0 Å². The van der Waals surface area contributed by atoms with E-state index in [9.17, 15) is 4.79 Å². The molecule has 1 spiro atoms. The maximum absolute atomic E-state index is 11.6. The lowest BCUT2D eigenvalue weighted by Crippen LogP contribution is -2.31. The van der Waals surface area contributed by atoms with Crippen molar-refractivity contribution in [2.45, 2.75) is 24.4 Å². The summed E-state index contributed by atoms with van der Waals surface area (Å²) in [7, 11) is 3.34. The third kappa shape index (κ3) is 1.59. The molecule has 2 atom stereocenters. The molecule has 2 aliphatic carbocycles. The second-order valence-electron chi connectivity index (χ2n) is 5.58. The molecular weight excluding hydrogens is 252 g/mol. The number of methoxy groups -OCH3 is 2. The van der Waals surface area contributed by atoms with Crippen LogP contribution in [-0.4, -0.2) is 20.0 Å². The van der Waals surface area contributed by atoms with Gasteiger partial charge in [0.2, 0.25) is 0 Å². The van der Waals surface area contributed by atoms with Crippen LogP contribution in [0.5, 0.6) is 0 Å². The Labute approximate surface area is 118 Å². The van der Waals surface area contributed by atoms with E-state index in [-0.39, 0.29) is 11.4 Å². The molecule has 3 rings (SSSR count). The van der Waals surface area contributed by atoms with Crippen molar-refractivity contribution >= 4 is 5.78 Å². The fraction of sp³-hybridized carbons (Fsp3) is 0.353. The highest BCUT2D eigenvalue weighted by Crippen LogP contribution is 2.55. The van der Waals surface area contributed by atoms with Gasteiger partial charge in [0, 0.05) is 19.6 Å². The van der Waals surface area contributed by atoms with E-state index in [1.165, 1.54) is 0 Å². The van der Waals surface area contributed by atoms with E-state index in [0.29, 0.717) is 5.76 Å². The highest BCUT2D eigenvalue weighted by atomic mass is 16.5. The Morgan fingerprint density at radius 2 is 1.85 bits per heavy atom. The minimum atomic E-state index is -0.399. The van der Waals surface area contributed by atoms with E-state index in [1.54, 1.807) is 26.4 Å². The Balaban J connectivity index is 2.24. The summed E-state index contributed by atoms with van der Waals surface area (Å²) >= 11 is 0. The zero-order valence-corrected chi connectivity index (χ0v) is 12.0. The molecule has 0 aliphatic heterocycles. The van der Waals surface area contributed by atoms with Gasteiger partial charge in [-0.15, -0.1) is 0 Å². The van der Waals surface area contributed by atoms with Crippen LogP contribution in [0.2, 0.25) is 0 Å². The predicted molar refractivity (Wildman–Crippen MR) is 76.3 cm³/mol. The van der Waals surface area contributed by atoms with Crippen LogP contribution in [0.15, 0.2) is 48.3 Å². The van der Waals surface area contributed by atoms with Crippen LogP contribution in [0.4, 0.5) is 0 Å². The van der Waals surface area contributed by atoms with Crippen molar-refractivity contribution in [1.29, 1.82) is 0 Å². The Bertz CT molecular complexity index is 629. The average molecular weight is 270 g/mol. The van der Waals surface area contributed by atoms with Gasteiger partial charge in [-0.2, -0.15) is 0 Å². The molecule has 104 valence electrons. The molecule has 0 N–H and O–H groups in total. The zero-order chi connectivity index (χ0) is 14.4. The number of hydrogen-bond acceptors (Lipinski definition) is 3. The first kappa shape index (κ1) is 13.1. The van der Waals surface area contributed by atoms with Gasteiger partial charge in [-0.1, -0.05) is 30.3 Å². The molecule has 20 heavy (non-hydrogen) atoms. The maximum atomic E-state index is 11.6. The molecule has 0 heterocycles. The van der Waals surface area contributed by atoms with Gasteiger partial charge in [0.1, 0.15) is 5.76 Å². The van der Waals surface area contributed by atoms with Crippen molar-refractivity contribution in [3.8, 4) is 0 Å². The molecule has 3 nitrogen and oxygen atoms in total. The fourth-order valence-corrected chi connectivity index (χ4v) is 3.46. The van der Waals surface area contributed by atoms with Crippen LogP contribution in [0, 0.1) is 0 Å². The minimum Gasteiger partial charge on any atom is -0.500 e. The molecule has 0 saturated carbocycles. The van der Waals surface area contributed by atoms with Crippen LogP contribution >= 0.6 is 0 Å². The van der Waals surface area contributed by atoms with E-state index >= 15 is 0 Å². The van der Waals surface area contributed by atoms with E-state index < -0.39 is 5.41 Å². The number of allylic oxidation sites excluding steroid dienone is 3. The number of fused-ring (bicyclic) bond motifs is 2. The van der Waals surface area contributed by atoms with Crippen LogP contribution in [0.25, 0.3) is 0 Å². The second-order valence-corrected chi connectivity index (χ2v) is 5.58. The normalized spacial score (nSPS) is 31.4. The highest BCUT2D eigenvalue weighted by Gasteiger charge is 2.52. The summed E-state index contributed by atoms with van der Waals surface area (Å²) in [6, 6.07) is 8.21. The standard InChI is InChI=1S/C17H18O3/c1-16(20-3)11-17(14-7-5-4-6-13(14)16)9-8-12(18)10-15(17)19-2/h4-10H,11H2,1-3H3. The molecule has 3 heteroatoms. The quantitative estimate of drug-likeness (QED) is 0.829. The lowest BCUT2D eigenvalue weighted by molar-refractivity contribution is -0.110. The zero-order valence-electron chi connectivity index (χ0n) is 12.0. The van der Waals surface area contributed by atoms with Gasteiger partial charge < -0.3 is 9.47 Å². The van der Waals surface area contributed by atoms with Crippen molar-refractivity contribution in [2.75, 3.05) is 14.2 Å². The van der Waals surface area contributed by atoms with Gasteiger partial charge in [0.25, 0.3) is 0 Å². The first-order valence-electron chi connectivity index (χ1n) is 6.70. The summed E-state index contributed by atoms with van der Waals surface area (Å²) in [5.41, 5.74) is 1.54. The molecule has 0 amide bonds. The first-order valence-corrected chi connectivity index (χ1v) is 6.70. The monoisotopic (exact) mass is 270 g/mol. The van der Waals surface area contributed by atoms with Crippen LogP contribution in [-0.2, 0) is 25.3 Å². The van der Waals surface area contributed by atoms with E-state index in [0.717, 1.165) is 17.5 Å². The van der Waals surface area contributed by atoms with Gasteiger partial charge in [-0.05, 0) is 24.1 Å². The SMILES string of the molecule is COC1=CC(=O)C=CC12CC(C)(OC)c1ccccc12. The third-order valence-electron chi connectivity index (χ3n) is 4.51. The average Bonchev–Trinajstić information content (AvgIpc) is 2.73. The number of ether oxygens (including phenoxy) is 2. The Kier molecular flexibility index (Phi) is 2.83. The topological polar surface area (TPSA) is 35.5 Å². The Hall–Kier alpha value is -1.87. The molecule has 2 unspecified atom stereocenters. The maximum Gasteiger partial charge on any atom is 0.181 e. The Morgan fingerprint density at radius 1 is 1.15 bits per heavy atom. The fourth-order valence-electron chi connectivity index (χ4n) is 3.46. The number of benzene rings is 1. The van der Waals surface area contributed by atoms with Crippen molar-refractivity contribution in [2.24, 2.45) is 0 Å².